The maximum absolute atomic E-state index is 14.0. The Morgan fingerprint density at radius 1 is 0.871 bits per heavy atom. The maximum Gasteiger partial charge on any atom is 0.199 e. The van der Waals surface area contributed by atoms with Gasteiger partial charge in [0.15, 0.2) is 11.4 Å². The van der Waals surface area contributed by atoms with Crippen molar-refractivity contribution in [1.82, 2.24) is 0 Å². The molecule has 0 aromatic heterocycles. The first-order valence-electron chi connectivity index (χ1n) is 11.1. The Morgan fingerprint density at radius 2 is 1.42 bits per heavy atom. The van der Waals surface area contributed by atoms with E-state index in [1.54, 1.807) is 0 Å². The van der Waals surface area contributed by atoms with Crippen molar-refractivity contribution in [3.63, 3.8) is 0 Å². The van der Waals surface area contributed by atoms with Gasteiger partial charge in [-0.1, -0.05) is 77.4 Å². The maximum atomic E-state index is 14.0. The van der Waals surface area contributed by atoms with E-state index < -0.39 is 16.6 Å². The highest BCUT2D eigenvalue weighted by atomic mass is 17.2. The first kappa shape index (κ1) is 25.3. The largest absolute Gasteiger partial charge is 0.291 e. The first-order valence-corrected chi connectivity index (χ1v) is 11.1. The molecule has 0 amide bonds. The van der Waals surface area contributed by atoms with E-state index in [4.69, 9.17) is 9.78 Å². The Balaban J connectivity index is 2.85. The topological polar surface area (TPSA) is 35.5 Å². The van der Waals surface area contributed by atoms with E-state index in [2.05, 4.69) is 46.8 Å². The molecule has 1 aromatic rings. The van der Waals surface area contributed by atoms with Crippen molar-refractivity contribution in [1.29, 1.82) is 0 Å². The summed E-state index contributed by atoms with van der Waals surface area (Å²) >= 11 is 0. The van der Waals surface area contributed by atoms with E-state index in [1.807, 2.05) is 71.9 Å². The van der Waals surface area contributed by atoms with Gasteiger partial charge in [-0.2, -0.15) is 0 Å². The summed E-state index contributed by atoms with van der Waals surface area (Å²) in [6.45, 7) is 22.3. The zero-order valence-corrected chi connectivity index (χ0v) is 21.3. The molecule has 1 aromatic carbocycles. The normalized spacial score (nSPS) is 20.3. The lowest BCUT2D eigenvalue weighted by molar-refractivity contribution is -0.397. The van der Waals surface area contributed by atoms with Gasteiger partial charge >= 0.3 is 0 Å². The minimum absolute atomic E-state index is 0.0401. The molecular weight excluding hydrogens is 384 g/mol. The van der Waals surface area contributed by atoms with E-state index in [9.17, 15) is 4.79 Å². The molecule has 0 aliphatic heterocycles. The molecule has 3 nitrogen and oxygen atoms in total. The molecule has 0 spiro atoms. The van der Waals surface area contributed by atoms with Crippen LogP contribution in [0.25, 0.3) is 5.57 Å². The summed E-state index contributed by atoms with van der Waals surface area (Å²) in [5, 5.41) is 0. The summed E-state index contributed by atoms with van der Waals surface area (Å²) in [6.07, 6.45) is 4.02. The predicted molar refractivity (Wildman–Crippen MR) is 129 cm³/mol. The van der Waals surface area contributed by atoms with Crippen LogP contribution >= 0.6 is 0 Å². The molecule has 3 heteroatoms. The van der Waals surface area contributed by atoms with Gasteiger partial charge in [0.25, 0.3) is 0 Å². The number of rotatable bonds is 4. The summed E-state index contributed by atoms with van der Waals surface area (Å²) in [4.78, 5) is 26.0. The molecule has 0 heterocycles. The molecule has 31 heavy (non-hydrogen) atoms. The minimum atomic E-state index is -1.25. The number of benzene rings is 1. The zero-order chi connectivity index (χ0) is 23.8. The van der Waals surface area contributed by atoms with E-state index in [-0.39, 0.29) is 11.2 Å². The molecule has 1 aliphatic rings. The summed E-state index contributed by atoms with van der Waals surface area (Å²) in [7, 11) is 0. The van der Waals surface area contributed by atoms with E-state index >= 15 is 0 Å². The van der Waals surface area contributed by atoms with Gasteiger partial charge in [-0.15, -0.1) is 0 Å². The molecule has 0 N–H and O–H groups in total. The quantitative estimate of drug-likeness (QED) is 0.371. The second kappa shape index (κ2) is 8.52. The third-order valence-corrected chi connectivity index (χ3v) is 5.44. The van der Waals surface area contributed by atoms with Crippen molar-refractivity contribution in [2.45, 2.75) is 87.4 Å². The van der Waals surface area contributed by atoms with Crippen LogP contribution in [0.1, 0.15) is 81.7 Å². The van der Waals surface area contributed by atoms with Crippen LogP contribution in [0.2, 0.25) is 0 Å². The second-order valence-electron chi connectivity index (χ2n) is 11.7. The molecule has 170 valence electrons. The number of ketones is 1. The van der Waals surface area contributed by atoms with E-state index in [0.29, 0.717) is 0 Å². The molecule has 1 unspecified atom stereocenters. The lowest BCUT2D eigenvalue weighted by atomic mass is 9.64. The van der Waals surface area contributed by atoms with E-state index in [1.165, 1.54) is 5.57 Å². The van der Waals surface area contributed by atoms with Crippen LogP contribution < -0.4 is 0 Å². The smallest absolute Gasteiger partial charge is 0.199 e. The molecule has 0 fully saturated rings. The fraction of sp³-hybridized carbons (Fsp3) is 0.536. The Labute approximate surface area is 189 Å². The molecule has 0 bridgehead atoms. The summed E-state index contributed by atoms with van der Waals surface area (Å²) < 4.78 is 0. The molecule has 0 saturated carbocycles. The monoisotopic (exact) mass is 424 g/mol. The van der Waals surface area contributed by atoms with Crippen LogP contribution in [-0.2, 0) is 14.6 Å². The third kappa shape index (κ3) is 5.45. The number of carbonyl (C=O) groups excluding carboxylic acids is 1. The van der Waals surface area contributed by atoms with Crippen molar-refractivity contribution >= 4 is 11.4 Å². The highest BCUT2D eigenvalue weighted by molar-refractivity contribution is 6.08. The Kier molecular flexibility index (Phi) is 6.95. The van der Waals surface area contributed by atoms with Gasteiger partial charge in [0, 0.05) is 11.0 Å². The molecular formula is C28H40O3. The van der Waals surface area contributed by atoms with Gasteiger partial charge in [-0.25, -0.2) is 9.78 Å². The number of Topliss-reactive ketones (excluding diaryl/α,β-unsaturated/α-hetero) is 1. The third-order valence-electron chi connectivity index (χ3n) is 5.44. The molecule has 0 radical (unpaired) electrons. The van der Waals surface area contributed by atoms with Crippen LogP contribution in [0.15, 0.2) is 59.2 Å². The minimum Gasteiger partial charge on any atom is -0.291 e. The summed E-state index contributed by atoms with van der Waals surface area (Å²) in [5.41, 5.74) is 2.47. The van der Waals surface area contributed by atoms with Crippen molar-refractivity contribution in [3.8, 4) is 0 Å². The highest BCUT2D eigenvalue weighted by Gasteiger charge is 2.54. The van der Waals surface area contributed by atoms with Crippen LogP contribution in [-0.4, -0.2) is 17.0 Å². The number of carbonyl (C=O) groups is 1. The highest BCUT2D eigenvalue weighted by Crippen LogP contribution is 2.47. The summed E-state index contributed by atoms with van der Waals surface area (Å²) in [5.74, 6) is -0.0401. The number of allylic oxidation sites excluding steroid dienone is 4. The van der Waals surface area contributed by atoms with Gasteiger partial charge in [-0.3, -0.25) is 4.79 Å². The molecule has 1 atom stereocenters. The van der Waals surface area contributed by atoms with Crippen molar-refractivity contribution in [3.05, 3.63) is 64.8 Å². The van der Waals surface area contributed by atoms with Gasteiger partial charge in [0.1, 0.15) is 0 Å². The van der Waals surface area contributed by atoms with Crippen molar-refractivity contribution < 1.29 is 14.6 Å². The Bertz CT molecular complexity index is 906. The predicted octanol–water partition coefficient (Wildman–Crippen LogP) is 7.49. The van der Waals surface area contributed by atoms with Crippen LogP contribution in [0.3, 0.4) is 0 Å². The average Bonchev–Trinajstić information content (AvgIpc) is 2.60. The molecule has 1 aliphatic carbocycles. The Hall–Kier alpha value is -1.97. The zero-order valence-electron chi connectivity index (χ0n) is 21.3. The fourth-order valence-electron chi connectivity index (χ4n) is 3.73. The number of hydrogen-bond acceptors (Lipinski definition) is 3. The van der Waals surface area contributed by atoms with Crippen LogP contribution in [0.5, 0.6) is 0 Å². The first-order chi connectivity index (χ1) is 14.0. The summed E-state index contributed by atoms with van der Waals surface area (Å²) in [6, 6.07) is 10.3. The second-order valence-corrected chi connectivity index (χ2v) is 11.7. The van der Waals surface area contributed by atoms with Crippen LogP contribution in [0.4, 0.5) is 0 Å². The standard InChI is InChI=1S/C28H40O3/c1-19(2)23(20-15-13-12-14-16-20)21-17-22(25(3,4)5)24(29)28(18-21,26(6,7)8)31-30-27(9,10)11/h12-18H,1-11H3. The Morgan fingerprint density at radius 3 is 1.84 bits per heavy atom. The van der Waals surface area contributed by atoms with Gasteiger partial charge in [0.05, 0.1) is 5.60 Å². The molecule has 2 rings (SSSR count). The van der Waals surface area contributed by atoms with Gasteiger partial charge in [-0.05, 0) is 68.9 Å². The van der Waals surface area contributed by atoms with E-state index in [0.717, 1.165) is 22.3 Å². The SMILES string of the molecule is CC(C)=C(C1=CC(OOC(C)(C)C)(C(C)(C)C)C(=O)C(C(C)(C)C)=C1)c1ccccc1. The van der Waals surface area contributed by atoms with Crippen molar-refractivity contribution in [2.24, 2.45) is 10.8 Å². The van der Waals surface area contributed by atoms with Gasteiger partial charge < -0.3 is 0 Å². The fourth-order valence-corrected chi connectivity index (χ4v) is 3.73. The number of hydrogen-bond donors (Lipinski definition) is 0. The molecule has 0 saturated heterocycles. The lowest BCUT2D eigenvalue weighted by Crippen LogP contribution is -2.55. The van der Waals surface area contributed by atoms with Crippen molar-refractivity contribution in [2.75, 3.05) is 0 Å². The lowest BCUT2D eigenvalue weighted by Gasteiger charge is -2.45. The van der Waals surface area contributed by atoms with Gasteiger partial charge in [0.2, 0.25) is 0 Å². The van der Waals surface area contributed by atoms with Crippen LogP contribution in [0, 0.1) is 10.8 Å². The average molecular weight is 425 g/mol.